The number of methoxy groups -OCH3 is 1. The lowest BCUT2D eigenvalue weighted by molar-refractivity contribution is -0.143. The predicted molar refractivity (Wildman–Crippen MR) is 185 cm³/mol. The number of benzene rings is 5. The molecule has 11 heteroatoms. The lowest BCUT2D eigenvalue weighted by atomic mass is 10.0. The van der Waals surface area contributed by atoms with Gasteiger partial charge in [0.05, 0.1) is 12.0 Å². The van der Waals surface area contributed by atoms with Crippen molar-refractivity contribution in [1.82, 2.24) is 10.2 Å². The summed E-state index contributed by atoms with van der Waals surface area (Å²) in [6.07, 6.45) is 0.581. The number of nitrogens with zero attached hydrogens (tertiary/aromatic N) is 1. The van der Waals surface area contributed by atoms with Gasteiger partial charge in [0.15, 0.2) is 6.61 Å². The highest BCUT2D eigenvalue weighted by atomic mass is 32.2. The number of sulfonamides is 1. The van der Waals surface area contributed by atoms with Crippen molar-refractivity contribution in [3.8, 4) is 11.5 Å². The van der Waals surface area contributed by atoms with E-state index in [1.807, 2.05) is 72.8 Å². The summed E-state index contributed by atoms with van der Waals surface area (Å²) in [6, 6.07) is 35.6. The second-order valence-corrected chi connectivity index (χ2v) is 12.8. The maximum absolute atomic E-state index is 13.9. The van der Waals surface area contributed by atoms with Gasteiger partial charge >= 0.3 is 0 Å². The number of anilines is 1. The van der Waals surface area contributed by atoms with Crippen LogP contribution < -0.4 is 19.5 Å². The molecule has 1 unspecified atom stereocenters. The van der Waals surface area contributed by atoms with Crippen LogP contribution in [0.15, 0.2) is 138 Å². The first-order valence-electron chi connectivity index (χ1n) is 15.5. The van der Waals surface area contributed by atoms with Crippen LogP contribution in [0.1, 0.15) is 22.7 Å². The van der Waals surface area contributed by atoms with E-state index in [1.54, 1.807) is 19.2 Å². The quantitative estimate of drug-likeness (QED) is 0.137. The topological polar surface area (TPSA) is 114 Å². The van der Waals surface area contributed by atoms with Crippen molar-refractivity contribution >= 4 is 27.5 Å². The number of hydrogen-bond acceptors (Lipinski definition) is 6. The summed E-state index contributed by atoms with van der Waals surface area (Å²) < 4.78 is 52.3. The van der Waals surface area contributed by atoms with Crippen LogP contribution in [0.2, 0.25) is 0 Å². The Labute approximate surface area is 285 Å². The molecule has 49 heavy (non-hydrogen) atoms. The van der Waals surface area contributed by atoms with E-state index in [0.29, 0.717) is 18.5 Å². The standard InChI is InChI=1S/C38H36FN3O6S/c1-47-33-18-12-28(13-19-33)24-25-40-38(44)37(30-10-6-3-7-11-30)42(26-29-8-4-2-5-9-29)36(43)27-48-34-20-22-35(23-21-34)49(45,46)41-32-16-14-31(39)15-17-32/h2-23,37,41H,24-27H2,1H3,(H,40,44). The van der Waals surface area contributed by atoms with E-state index < -0.39 is 34.4 Å². The normalized spacial score (nSPS) is 11.6. The van der Waals surface area contributed by atoms with Crippen molar-refractivity contribution < 1.29 is 31.9 Å². The molecule has 0 aliphatic rings. The van der Waals surface area contributed by atoms with Crippen molar-refractivity contribution in [2.45, 2.75) is 23.9 Å². The Morgan fingerprint density at radius 2 is 1.37 bits per heavy atom. The van der Waals surface area contributed by atoms with Crippen LogP contribution in [-0.4, -0.2) is 45.4 Å². The van der Waals surface area contributed by atoms with Crippen molar-refractivity contribution in [2.75, 3.05) is 25.0 Å². The van der Waals surface area contributed by atoms with Gasteiger partial charge in [0.25, 0.3) is 15.9 Å². The zero-order chi connectivity index (χ0) is 34.6. The van der Waals surface area contributed by atoms with E-state index in [0.717, 1.165) is 29.0 Å². The third-order valence-corrected chi connectivity index (χ3v) is 9.05. The number of halogens is 1. The Morgan fingerprint density at radius 1 is 0.755 bits per heavy atom. The first-order chi connectivity index (χ1) is 23.7. The monoisotopic (exact) mass is 681 g/mol. The predicted octanol–water partition coefficient (Wildman–Crippen LogP) is 6.14. The molecule has 9 nitrogen and oxygen atoms in total. The molecule has 5 aromatic rings. The van der Waals surface area contributed by atoms with Gasteiger partial charge in [-0.15, -0.1) is 0 Å². The molecule has 0 radical (unpaired) electrons. The molecule has 5 rings (SSSR count). The second kappa shape index (κ2) is 16.4. The van der Waals surface area contributed by atoms with Crippen molar-refractivity contribution in [2.24, 2.45) is 0 Å². The molecule has 0 saturated carbocycles. The molecular formula is C38H36FN3O6S. The molecule has 2 N–H and O–H groups in total. The molecule has 0 spiro atoms. The van der Waals surface area contributed by atoms with Crippen LogP contribution in [0.4, 0.5) is 10.1 Å². The number of rotatable bonds is 15. The number of amides is 2. The number of hydrogen-bond donors (Lipinski definition) is 2. The largest absolute Gasteiger partial charge is 0.497 e. The maximum Gasteiger partial charge on any atom is 0.261 e. The van der Waals surface area contributed by atoms with Gasteiger partial charge in [-0.25, -0.2) is 12.8 Å². The summed E-state index contributed by atoms with van der Waals surface area (Å²) in [7, 11) is -2.35. The minimum atomic E-state index is -3.96. The van der Waals surface area contributed by atoms with Crippen molar-refractivity contribution in [3.63, 3.8) is 0 Å². The van der Waals surface area contributed by atoms with E-state index in [-0.39, 0.29) is 28.8 Å². The van der Waals surface area contributed by atoms with E-state index in [4.69, 9.17) is 9.47 Å². The smallest absolute Gasteiger partial charge is 0.261 e. The zero-order valence-electron chi connectivity index (χ0n) is 26.8. The lowest BCUT2D eigenvalue weighted by Gasteiger charge is -2.31. The number of carbonyl (C=O) groups is 2. The highest BCUT2D eigenvalue weighted by Gasteiger charge is 2.31. The van der Waals surface area contributed by atoms with Crippen LogP contribution in [0, 0.1) is 5.82 Å². The molecule has 0 fully saturated rings. The van der Waals surface area contributed by atoms with Gasteiger partial charge in [-0.2, -0.15) is 0 Å². The van der Waals surface area contributed by atoms with Gasteiger partial charge in [-0.05, 0) is 83.8 Å². The van der Waals surface area contributed by atoms with Gasteiger partial charge < -0.3 is 19.7 Å². The Morgan fingerprint density at radius 3 is 2.00 bits per heavy atom. The average molecular weight is 682 g/mol. The molecule has 0 saturated heterocycles. The molecule has 1 atom stereocenters. The van der Waals surface area contributed by atoms with Gasteiger partial charge in [0, 0.05) is 18.8 Å². The lowest BCUT2D eigenvalue weighted by Crippen LogP contribution is -2.45. The minimum absolute atomic E-state index is 0.0448. The summed E-state index contributed by atoms with van der Waals surface area (Å²) >= 11 is 0. The second-order valence-electron chi connectivity index (χ2n) is 11.1. The summed E-state index contributed by atoms with van der Waals surface area (Å²) in [5.74, 6) is -0.269. The molecule has 0 bridgehead atoms. The first-order valence-corrected chi connectivity index (χ1v) is 17.0. The molecule has 252 valence electrons. The Hall–Kier alpha value is -5.68. The van der Waals surface area contributed by atoms with E-state index in [9.17, 15) is 22.4 Å². The van der Waals surface area contributed by atoms with Gasteiger partial charge in [0.2, 0.25) is 5.91 Å². The third kappa shape index (κ3) is 9.68. The third-order valence-electron chi connectivity index (χ3n) is 7.66. The molecule has 0 aliphatic carbocycles. The van der Waals surface area contributed by atoms with Crippen LogP contribution in [0.5, 0.6) is 11.5 Å². The number of ether oxygens (including phenoxy) is 2. The maximum atomic E-state index is 13.9. The molecule has 0 aliphatic heterocycles. The van der Waals surface area contributed by atoms with Crippen molar-refractivity contribution in [3.05, 3.63) is 156 Å². The van der Waals surface area contributed by atoms with Crippen LogP contribution in [0.3, 0.4) is 0 Å². The highest BCUT2D eigenvalue weighted by molar-refractivity contribution is 7.92. The van der Waals surface area contributed by atoms with E-state index in [2.05, 4.69) is 10.0 Å². The Kier molecular flexibility index (Phi) is 11.6. The number of nitrogens with one attached hydrogen (secondary N) is 2. The molecule has 5 aromatic carbocycles. The first kappa shape index (κ1) is 34.6. The van der Waals surface area contributed by atoms with Crippen molar-refractivity contribution in [1.29, 1.82) is 0 Å². The molecule has 0 heterocycles. The summed E-state index contributed by atoms with van der Waals surface area (Å²) in [5.41, 5.74) is 2.69. The van der Waals surface area contributed by atoms with Gasteiger partial charge in [-0.1, -0.05) is 72.8 Å². The minimum Gasteiger partial charge on any atom is -0.497 e. The van der Waals surface area contributed by atoms with Crippen LogP contribution >= 0.6 is 0 Å². The fourth-order valence-electron chi connectivity index (χ4n) is 5.11. The van der Waals surface area contributed by atoms with E-state index in [1.165, 1.54) is 41.3 Å². The van der Waals surface area contributed by atoms with Gasteiger partial charge in [0.1, 0.15) is 23.4 Å². The fourth-order valence-corrected chi connectivity index (χ4v) is 6.16. The summed E-state index contributed by atoms with van der Waals surface area (Å²) in [4.78, 5) is 29.2. The average Bonchev–Trinajstić information content (AvgIpc) is 3.12. The summed E-state index contributed by atoms with van der Waals surface area (Å²) in [5, 5.41) is 3.01. The number of carbonyl (C=O) groups excluding carboxylic acids is 2. The highest BCUT2D eigenvalue weighted by Crippen LogP contribution is 2.25. The molecule has 0 aromatic heterocycles. The summed E-state index contributed by atoms with van der Waals surface area (Å²) in [6.45, 7) is 0.0829. The Bertz CT molecular complexity index is 1920. The van der Waals surface area contributed by atoms with Crippen LogP contribution in [0.25, 0.3) is 0 Å². The molecular weight excluding hydrogens is 645 g/mol. The van der Waals surface area contributed by atoms with Gasteiger partial charge in [-0.3, -0.25) is 14.3 Å². The Balaban J connectivity index is 1.31. The van der Waals surface area contributed by atoms with Crippen LogP contribution in [-0.2, 0) is 32.6 Å². The zero-order valence-corrected chi connectivity index (χ0v) is 27.6. The SMILES string of the molecule is COc1ccc(CCNC(=O)C(c2ccccc2)N(Cc2ccccc2)C(=O)COc2ccc(S(=O)(=O)Nc3ccc(F)cc3)cc2)cc1. The molecule has 2 amide bonds. The fraction of sp³-hybridized carbons (Fsp3) is 0.158. The van der Waals surface area contributed by atoms with E-state index >= 15 is 0 Å².